The third-order valence-electron chi connectivity index (χ3n) is 2.69. The minimum absolute atomic E-state index is 0.0187. The van der Waals surface area contributed by atoms with Crippen molar-refractivity contribution in [2.24, 2.45) is 0 Å². The van der Waals surface area contributed by atoms with Gasteiger partial charge in [-0.1, -0.05) is 6.92 Å². The third kappa shape index (κ3) is 5.98. The molecule has 0 radical (unpaired) electrons. The molecule has 108 valence electrons. The molecular weight excluding hydrogens is 266 g/mol. The summed E-state index contributed by atoms with van der Waals surface area (Å²) in [6.07, 6.45) is 2.56. The van der Waals surface area contributed by atoms with Crippen LogP contribution in [0.15, 0.2) is 12.1 Å². The zero-order chi connectivity index (χ0) is 14.3. The molecule has 0 amide bonds. The second-order valence-corrected chi connectivity index (χ2v) is 6.64. The van der Waals surface area contributed by atoms with Gasteiger partial charge in [0.25, 0.3) is 0 Å². The van der Waals surface area contributed by atoms with Crippen LogP contribution in [0.2, 0.25) is 0 Å². The first-order valence-corrected chi connectivity index (χ1v) is 8.31. The fourth-order valence-electron chi connectivity index (χ4n) is 1.78. The summed E-state index contributed by atoms with van der Waals surface area (Å²) in [6.45, 7) is 2.79. The molecule has 1 aromatic rings. The fourth-order valence-corrected chi connectivity index (χ4v) is 2.47. The van der Waals surface area contributed by atoms with E-state index in [0.29, 0.717) is 18.7 Å². The number of hydrogen-bond donors (Lipinski definition) is 1. The molecule has 0 saturated carbocycles. The van der Waals surface area contributed by atoms with Crippen LogP contribution in [-0.2, 0) is 9.84 Å². The highest BCUT2D eigenvalue weighted by molar-refractivity contribution is 7.90. The highest BCUT2D eigenvalue weighted by Gasteiger charge is 2.13. The van der Waals surface area contributed by atoms with Crippen molar-refractivity contribution in [1.82, 2.24) is 15.5 Å². The summed E-state index contributed by atoms with van der Waals surface area (Å²) < 4.78 is 27.2. The predicted molar refractivity (Wildman–Crippen MR) is 73.9 cm³/mol. The van der Waals surface area contributed by atoms with Crippen LogP contribution >= 0.6 is 0 Å². The second-order valence-electron chi connectivity index (χ2n) is 4.38. The number of rotatable bonds is 8. The second kappa shape index (κ2) is 7.40. The molecule has 1 heterocycles. The summed E-state index contributed by atoms with van der Waals surface area (Å²) in [4.78, 5) is 0. The zero-order valence-corrected chi connectivity index (χ0v) is 12.4. The molecule has 6 nitrogen and oxygen atoms in total. The van der Waals surface area contributed by atoms with E-state index < -0.39 is 9.84 Å². The molecule has 0 spiro atoms. The molecule has 1 atom stereocenters. The Morgan fingerprint density at radius 1 is 1.37 bits per heavy atom. The summed E-state index contributed by atoms with van der Waals surface area (Å²) in [6, 6.07) is 3.62. The molecule has 7 heteroatoms. The van der Waals surface area contributed by atoms with Crippen molar-refractivity contribution >= 4 is 9.84 Å². The minimum Gasteiger partial charge on any atom is -0.480 e. The number of hydrogen-bond acceptors (Lipinski definition) is 6. The van der Waals surface area contributed by atoms with Gasteiger partial charge in [0.05, 0.1) is 18.8 Å². The predicted octanol–water partition coefficient (Wildman–Crippen LogP) is 0.961. The lowest BCUT2D eigenvalue weighted by molar-refractivity contribution is 0.388. The number of nitrogens with one attached hydrogen (secondary N) is 1. The van der Waals surface area contributed by atoms with Crippen LogP contribution in [0.25, 0.3) is 0 Å². The summed E-state index contributed by atoms with van der Waals surface area (Å²) >= 11 is 0. The van der Waals surface area contributed by atoms with E-state index in [1.807, 2.05) is 13.0 Å². The molecular formula is C12H21N3O3S. The third-order valence-corrected chi connectivity index (χ3v) is 3.72. The van der Waals surface area contributed by atoms with E-state index in [9.17, 15) is 8.42 Å². The molecule has 19 heavy (non-hydrogen) atoms. The maximum Gasteiger partial charge on any atom is 0.233 e. The molecule has 1 N–H and O–H groups in total. The lowest BCUT2D eigenvalue weighted by atomic mass is 10.1. The lowest BCUT2D eigenvalue weighted by Crippen LogP contribution is -2.23. The van der Waals surface area contributed by atoms with Crippen molar-refractivity contribution in [3.63, 3.8) is 0 Å². The van der Waals surface area contributed by atoms with Gasteiger partial charge in [0.2, 0.25) is 5.88 Å². The zero-order valence-electron chi connectivity index (χ0n) is 11.6. The van der Waals surface area contributed by atoms with Crippen LogP contribution in [0.4, 0.5) is 0 Å². The van der Waals surface area contributed by atoms with Crippen molar-refractivity contribution in [2.75, 3.05) is 25.7 Å². The Morgan fingerprint density at radius 3 is 2.58 bits per heavy atom. The van der Waals surface area contributed by atoms with E-state index in [0.717, 1.165) is 12.2 Å². The molecule has 0 bridgehead atoms. The average molecular weight is 287 g/mol. The van der Waals surface area contributed by atoms with E-state index in [1.54, 1.807) is 6.07 Å². The molecule has 0 saturated heterocycles. The highest BCUT2D eigenvalue weighted by Crippen LogP contribution is 2.17. The largest absolute Gasteiger partial charge is 0.480 e. The molecule has 0 aliphatic heterocycles. The van der Waals surface area contributed by atoms with E-state index in [-0.39, 0.29) is 11.8 Å². The smallest absolute Gasteiger partial charge is 0.233 e. The number of nitrogens with zero attached hydrogens (tertiary/aromatic N) is 2. The molecule has 1 rings (SSSR count). The SMILES string of the molecule is CCNC(CCCS(C)(=O)=O)c1ccc(OC)nn1. The Bertz CT molecular complexity index is 473. The number of ether oxygens (including phenoxy) is 1. The van der Waals surface area contributed by atoms with Crippen molar-refractivity contribution < 1.29 is 13.2 Å². The van der Waals surface area contributed by atoms with E-state index in [1.165, 1.54) is 13.4 Å². The van der Waals surface area contributed by atoms with Gasteiger partial charge in [-0.15, -0.1) is 5.10 Å². The summed E-state index contributed by atoms with van der Waals surface area (Å²) in [5, 5.41) is 11.3. The van der Waals surface area contributed by atoms with Gasteiger partial charge in [-0.2, -0.15) is 5.10 Å². The first-order valence-electron chi connectivity index (χ1n) is 6.25. The van der Waals surface area contributed by atoms with E-state index in [4.69, 9.17) is 4.74 Å². The van der Waals surface area contributed by atoms with Gasteiger partial charge >= 0.3 is 0 Å². The normalized spacial score (nSPS) is 13.2. The fraction of sp³-hybridized carbons (Fsp3) is 0.667. The lowest BCUT2D eigenvalue weighted by Gasteiger charge is -2.16. The van der Waals surface area contributed by atoms with Gasteiger partial charge < -0.3 is 10.1 Å². The van der Waals surface area contributed by atoms with Gasteiger partial charge in [-0.3, -0.25) is 0 Å². The van der Waals surface area contributed by atoms with Crippen molar-refractivity contribution in [3.05, 3.63) is 17.8 Å². The van der Waals surface area contributed by atoms with Crippen LogP contribution in [0.5, 0.6) is 5.88 Å². The quantitative estimate of drug-likeness (QED) is 0.767. The van der Waals surface area contributed by atoms with Crippen LogP contribution in [0.1, 0.15) is 31.5 Å². The Hall–Kier alpha value is -1.21. The summed E-state index contributed by atoms with van der Waals surface area (Å²) in [5.41, 5.74) is 0.802. The molecule has 0 aromatic carbocycles. The van der Waals surface area contributed by atoms with Crippen molar-refractivity contribution in [2.45, 2.75) is 25.8 Å². The van der Waals surface area contributed by atoms with Crippen LogP contribution in [0.3, 0.4) is 0 Å². The van der Waals surface area contributed by atoms with Crippen molar-refractivity contribution in [3.8, 4) is 5.88 Å². The summed E-state index contributed by atoms with van der Waals surface area (Å²) in [7, 11) is -1.37. The molecule has 0 aliphatic carbocycles. The topological polar surface area (TPSA) is 81.2 Å². The van der Waals surface area contributed by atoms with Gasteiger partial charge in [0.15, 0.2) is 0 Å². The minimum atomic E-state index is -2.91. The Balaban J connectivity index is 2.65. The number of aromatic nitrogens is 2. The molecule has 0 fully saturated rings. The standard InChI is InChI=1S/C12H21N3O3S/c1-4-13-10(6-5-9-19(3,16)17)11-7-8-12(18-2)15-14-11/h7-8,10,13H,4-6,9H2,1-3H3. The van der Waals surface area contributed by atoms with Crippen LogP contribution in [-0.4, -0.2) is 44.3 Å². The number of methoxy groups -OCH3 is 1. The first kappa shape index (κ1) is 15.8. The Labute approximate surface area is 114 Å². The Kier molecular flexibility index (Phi) is 6.17. The Morgan fingerprint density at radius 2 is 2.11 bits per heavy atom. The van der Waals surface area contributed by atoms with Gasteiger partial charge in [0.1, 0.15) is 9.84 Å². The maximum atomic E-state index is 11.1. The van der Waals surface area contributed by atoms with Crippen molar-refractivity contribution in [1.29, 1.82) is 0 Å². The first-order chi connectivity index (χ1) is 8.96. The molecule has 0 aliphatic rings. The maximum absolute atomic E-state index is 11.1. The summed E-state index contributed by atoms with van der Waals surface area (Å²) in [5.74, 6) is 0.661. The van der Waals surface area contributed by atoms with E-state index >= 15 is 0 Å². The average Bonchev–Trinajstić information content (AvgIpc) is 2.36. The van der Waals surface area contributed by atoms with Crippen LogP contribution in [0, 0.1) is 0 Å². The van der Waals surface area contributed by atoms with Gasteiger partial charge in [0, 0.05) is 18.1 Å². The monoisotopic (exact) mass is 287 g/mol. The molecule has 1 aromatic heterocycles. The van der Waals surface area contributed by atoms with Gasteiger partial charge in [-0.25, -0.2) is 8.42 Å². The van der Waals surface area contributed by atoms with E-state index in [2.05, 4.69) is 15.5 Å². The highest BCUT2D eigenvalue weighted by atomic mass is 32.2. The van der Waals surface area contributed by atoms with Crippen LogP contribution < -0.4 is 10.1 Å². The number of sulfone groups is 1. The van der Waals surface area contributed by atoms with Gasteiger partial charge in [-0.05, 0) is 25.5 Å². The molecule has 1 unspecified atom stereocenters.